The van der Waals surface area contributed by atoms with E-state index >= 15 is 0 Å². The number of amides is 1. The number of nitriles is 1. The smallest absolute Gasteiger partial charge is 0.343 e. The Morgan fingerprint density at radius 1 is 1.06 bits per heavy atom. The van der Waals surface area contributed by atoms with Crippen LogP contribution in [0.5, 0.6) is 11.5 Å². The SMILES string of the molecule is COCCNC(=O)/C(C#N)=C/c1ccc(OC(=O)c2ccc(C(C)(C)C)cc2)c(OC)c1. The fourth-order valence-corrected chi connectivity index (χ4v) is 2.80. The van der Waals surface area contributed by atoms with Crippen LogP contribution in [0.2, 0.25) is 0 Å². The number of esters is 1. The summed E-state index contributed by atoms with van der Waals surface area (Å²) in [5, 5.41) is 11.9. The van der Waals surface area contributed by atoms with Gasteiger partial charge < -0.3 is 19.5 Å². The summed E-state index contributed by atoms with van der Waals surface area (Å²) >= 11 is 0. The van der Waals surface area contributed by atoms with E-state index < -0.39 is 11.9 Å². The van der Waals surface area contributed by atoms with E-state index in [1.165, 1.54) is 20.3 Å². The first-order valence-corrected chi connectivity index (χ1v) is 10.1. The first-order valence-electron chi connectivity index (χ1n) is 10.1. The highest BCUT2D eigenvalue weighted by atomic mass is 16.6. The molecule has 168 valence electrons. The number of rotatable bonds is 8. The van der Waals surface area contributed by atoms with Crippen molar-refractivity contribution in [2.24, 2.45) is 0 Å². The van der Waals surface area contributed by atoms with Crippen LogP contribution in [0.3, 0.4) is 0 Å². The number of methoxy groups -OCH3 is 2. The van der Waals surface area contributed by atoms with Gasteiger partial charge in [0.25, 0.3) is 5.91 Å². The minimum atomic E-state index is -0.512. The highest BCUT2D eigenvalue weighted by molar-refractivity contribution is 6.01. The summed E-state index contributed by atoms with van der Waals surface area (Å²) in [7, 11) is 2.97. The molecule has 1 N–H and O–H groups in total. The molecule has 7 nitrogen and oxygen atoms in total. The van der Waals surface area contributed by atoms with Crippen molar-refractivity contribution >= 4 is 18.0 Å². The van der Waals surface area contributed by atoms with Gasteiger partial charge in [0, 0.05) is 13.7 Å². The zero-order chi connectivity index (χ0) is 23.7. The van der Waals surface area contributed by atoms with Crippen LogP contribution < -0.4 is 14.8 Å². The Bertz CT molecular complexity index is 1030. The molecule has 2 aromatic carbocycles. The van der Waals surface area contributed by atoms with Crippen LogP contribution in [0.4, 0.5) is 0 Å². The molecule has 0 unspecified atom stereocenters. The maximum absolute atomic E-state index is 12.6. The van der Waals surface area contributed by atoms with Crippen molar-refractivity contribution in [3.8, 4) is 17.6 Å². The van der Waals surface area contributed by atoms with E-state index in [1.807, 2.05) is 18.2 Å². The largest absolute Gasteiger partial charge is 0.493 e. The highest BCUT2D eigenvalue weighted by Gasteiger charge is 2.17. The normalized spacial score (nSPS) is 11.4. The molecule has 32 heavy (non-hydrogen) atoms. The third-order valence-corrected chi connectivity index (χ3v) is 4.64. The molecule has 0 aliphatic rings. The minimum Gasteiger partial charge on any atom is -0.493 e. The summed E-state index contributed by atoms with van der Waals surface area (Å²) in [5.41, 5.74) is 2.00. The van der Waals surface area contributed by atoms with Gasteiger partial charge in [0.2, 0.25) is 0 Å². The second kappa shape index (κ2) is 11.1. The van der Waals surface area contributed by atoms with Gasteiger partial charge in [-0.15, -0.1) is 0 Å². The zero-order valence-corrected chi connectivity index (χ0v) is 19.0. The number of hydrogen-bond donors (Lipinski definition) is 1. The van der Waals surface area contributed by atoms with E-state index in [-0.39, 0.29) is 16.7 Å². The third kappa shape index (κ3) is 6.69. The Morgan fingerprint density at radius 3 is 2.31 bits per heavy atom. The Hall–Kier alpha value is -3.63. The lowest BCUT2D eigenvalue weighted by Crippen LogP contribution is -2.27. The fourth-order valence-electron chi connectivity index (χ4n) is 2.80. The number of hydrogen-bond acceptors (Lipinski definition) is 6. The summed E-state index contributed by atoms with van der Waals surface area (Å²) < 4.78 is 15.7. The molecule has 0 aliphatic heterocycles. The molecule has 0 heterocycles. The van der Waals surface area contributed by atoms with Gasteiger partial charge in [-0.05, 0) is 46.9 Å². The number of nitrogens with one attached hydrogen (secondary N) is 1. The molecule has 7 heteroatoms. The van der Waals surface area contributed by atoms with Crippen molar-refractivity contribution in [3.05, 3.63) is 64.7 Å². The lowest BCUT2D eigenvalue weighted by atomic mass is 9.87. The summed E-state index contributed by atoms with van der Waals surface area (Å²) in [6.45, 7) is 6.94. The standard InChI is InChI=1S/C25H28N2O5/c1-25(2,3)20-9-7-18(8-10-20)24(29)32-21-11-6-17(15-22(21)31-5)14-19(16-26)23(28)27-12-13-30-4/h6-11,14-15H,12-13H2,1-5H3,(H,27,28)/b19-14+. The van der Waals surface area contributed by atoms with Gasteiger partial charge in [-0.1, -0.05) is 39.0 Å². The van der Waals surface area contributed by atoms with Crippen molar-refractivity contribution < 1.29 is 23.8 Å². The van der Waals surface area contributed by atoms with Gasteiger partial charge in [-0.3, -0.25) is 4.79 Å². The predicted molar refractivity (Wildman–Crippen MR) is 122 cm³/mol. The Labute approximate surface area is 188 Å². The van der Waals surface area contributed by atoms with Gasteiger partial charge in [-0.2, -0.15) is 5.26 Å². The highest BCUT2D eigenvalue weighted by Crippen LogP contribution is 2.30. The maximum atomic E-state index is 12.6. The molecule has 0 radical (unpaired) electrons. The first kappa shape index (κ1) is 24.6. The van der Waals surface area contributed by atoms with Crippen LogP contribution in [0, 0.1) is 11.3 Å². The van der Waals surface area contributed by atoms with E-state index in [2.05, 4.69) is 26.1 Å². The van der Waals surface area contributed by atoms with Gasteiger partial charge in [0.1, 0.15) is 11.6 Å². The molecule has 2 aromatic rings. The Morgan fingerprint density at radius 2 is 1.75 bits per heavy atom. The van der Waals surface area contributed by atoms with E-state index in [4.69, 9.17) is 14.2 Å². The average Bonchev–Trinajstić information content (AvgIpc) is 2.77. The topological polar surface area (TPSA) is 97.6 Å². The van der Waals surface area contributed by atoms with E-state index in [1.54, 1.807) is 30.3 Å². The Kier molecular flexibility index (Phi) is 8.56. The van der Waals surface area contributed by atoms with Crippen molar-refractivity contribution in [2.45, 2.75) is 26.2 Å². The molecule has 2 rings (SSSR count). The molecule has 0 bridgehead atoms. The summed E-state index contributed by atoms with van der Waals surface area (Å²) in [5.74, 6) is -0.479. The average molecular weight is 437 g/mol. The van der Waals surface area contributed by atoms with Crippen LogP contribution in [0.25, 0.3) is 6.08 Å². The molecule has 0 atom stereocenters. The van der Waals surface area contributed by atoms with Crippen LogP contribution in [-0.2, 0) is 14.9 Å². The number of benzene rings is 2. The third-order valence-electron chi connectivity index (χ3n) is 4.64. The molecule has 0 saturated heterocycles. The molecule has 0 aromatic heterocycles. The lowest BCUT2D eigenvalue weighted by Gasteiger charge is -2.19. The van der Waals surface area contributed by atoms with Crippen LogP contribution in [0.15, 0.2) is 48.0 Å². The quantitative estimate of drug-likeness (QED) is 0.222. The molecule has 0 spiro atoms. The van der Waals surface area contributed by atoms with Crippen molar-refractivity contribution in [1.82, 2.24) is 5.32 Å². The number of carbonyl (C=O) groups is 2. The zero-order valence-electron chi connectivity index (χ0n) is 19.0. The predicted octanol–water partition coefficient (Wildman–Crippen LogP) is 3.88. The van der Waals surface area contributed by atoms with Gasteiger partial charge in [-0.25, -0.2) is 4.79 Å². The molecule has 0 saturated carbocycles. The number of carbonyl (C=O) groups excluding carboxylic acids is 2. The molecule has 1 amide bonds. The maximum Gasteiger partial charge on any atom is 0.343 e. The van der Waals surface area contributed by atoms with Crippen LogP contribution in [0.1, 0.15) is 42.3 Å². The minimum absolute atomic E-state index is 0.0159. The van der Waals surface area contributed by atoms with Crippen molar-refractivity contribution in [1.29, 1.82) is 5.26 Å². The monoisotopic (exact) mass is 436 g/mol. The molecular weight excluding hydrogens is 408 g/mol. The van der Waals surface area contributed by atoms with Gasteiger partial charge in [0.05, 0.1) is 19.3 Å². The summed E-state index contributed by atoms with van der Waals surface area (Å²) in [6, 6.07) is 13.9. The lowest BCUT2D eigenvalue weighted by molar-refractivity contribution is -0.117. The van der Waals surface area contributed by atoms with E-state index in [9.17, 15) is 14.9 Å². The van der Waals surface area contributed by atoms with Crippen molar-refractivity contribution in [2.75, 3.05) is 27.4 Å². The van der Waals surface area contributed by atoms with Gasteiger partial charge >= 0.3 is 5.97 Å². The van der Waals surface area contributed by atoms with E-state index in [0.29, 0.717) is 30.0 Å². The number of ether oxygens (including phenoxy) is 3. The summed E-state index contributed by atoms with van der Waals surface area (Å²) in [6.07, 6.45) is 1.43. The second-order valence-electron chi connectivity index (χ2n) is 8.05. The van der Waals surface area contributed by atoms with Gasteiger partial charge in [0.15, 0.2) is 11.5 Å². The van der Waals surface area contributed by atoms with Crippen LogP contribution >= 0.6 is 0 Å². The molecule has 0 fully saturated rings. The fraction of sp³-hybridized carbons (Fsp3) is 0.320. The molecule has 0 aliphatic carbocycles. The Balaban J connectivity index is 2.18. The van der Waals surface area contributed by atoms with Crippen molar-refractivity contribution in [3.63, 3.8) is 0 Å². The van der Waals surface area contributed by atoms with E-state index in [0.717, 1.165) is 5.56 Å². The summed E-state index contributed by atoms with van der Waals surface area (Å²) in [4.78, 5) is 24.7. The second-order valence-corrected chi connectivity index (χ2v) is 8.05. The van der Waals surface area contributed by atoms with Crippen LogP contribution in [-0.4, -0.2) is 39.2 Å². The first-order chi connectivity index (χ1) is 15.2. The number of nitrogens with zero attached hydrogens (tertiary/aromatic N) is 1. The molecular formula is C25H28N2O5.